The third-order valence-corrected chi connectivity index (χ3v) is 5.15. The Hall–Kier alpha value is -2.44. The lowest BCUT2D eigenvalue weighted by molar-refractivity contribution is -0.0902. The summed E-state index contributed by atoms with van der Waals surface area (Å²) < 4.78 is 6.58. The van der Waals surface area contributed by atoms with Crippen LogP contribution in [-0.2, 0) is 10.3 Å². The Morgan fingerprint density at radius 2 is 1.62 bits per heavy atom. The smallest absolute Gasteiger partial charge is 0.199 e. The molecule has 0 radical (unpaired) electrons. The number of nitrogens with zero attached hydrogens (tertiary/aromatic N) is 1. The second-order valence-corrected chi connectivity index (χ2v) is 6.92. The van der Waals surface area contributed by atoms with Gasteiger partial charge in [0.1, 0.15) is 0 Å². The number of hydrogen-bond acceptors (Lipinski definition) is 3. The highest BCUT2D eigenvalue weighted by Crippen LogP contribution is 2.38. The van der Waals surface area contributed by atoms with Crippen molar-refractivity contribution < 1.29 is 9.53 Å². The van der Waals surface area contributed by atoms with Gasteiger partial charge in [-0.2, -0.15) is 5.26 Å². The van der Waals surface area contributed by atoms with E-state index in [9.17, 15) is 10.1 Å². The fraction of sp³-hybridized carbons (Fsp3) is 0.391. The topological polar surface area (TPSA) is 50.1 Å². The van der Waals surface area contributed by atoms with Crippen LogP contribution >= 0.6 is 0 Å². The minimum Gasteiger partial charge on any atom is -0.359 e. The molecular formula is C23H25NO2. The van der Waals surface area contributed by atoms with Crippen LogP contribution in [0.2, 0.25) is 0 Å². The summed E-state index contributed by atoms with van der Waals surface area (Å²) in [6, 6.07) is 21.2. The van der Waals surface area contributed by atoms with Crippen LogP contribution in [0.15, 0.2) is 60.7 Å². The SMILES string of the molecule is N#CCCC(OC1CCCCC1)(C(=O)c1ccccc1)c1ccccc1. The first-order valence-electron chi connectivity index (χ1n) is 9.46. The van der Waals surface area contributed by atoms with Gasteiger partial charge in [0.15, 0.2) is 11.4 Å². The lowest BCUT2D eigenvalue weighted by Gasteiger charge is -2.37. The molecule has 0 saturated heterocycles. The van der Waals surface area contributed by atoms with E-state index in [1.54, 1.807) is 0 Å². The number of rotatable bonds is 7. The minimum atomic E-state index is -1.10. The van der Waals surface area contributed by atoms with Crippen molar-refractivity contribution in [3.63, 3.8) is 0 Å². The zero-order valence-corrected chi connectivity index (χ0v) is 15.1. The summed E-state index contributed by atoms with van der Waals surface area (Å²) in [6.45, 7) is 0. The Morgan fingerprint density at radius 3 is 2.23 bits per heavy atom. The normalized spacial score (nSPS) is 17.2. The largest absolute Gasteiger partial charge is 0.359 e. The van der Waals surface area contributed by atoms with Gasteiger partial charge in [-0.15, -0.1) is 0 Å². The first kappa shape index (κ1) is 18.4. The first-order chi connectivity index (χ1) is 12.8. The molecule has 0 bridgehead atoms. The number of Topliss-reactive ketones (excluding diaryl/α,β-unsaturated/α-hetero) is 1. The molecule has 0 amide bonds. The van der Waals surface area contributed by atoms with E-state index < -0.39 is 5.60 Å². The molecule has 1 saturated carbocycles. The quantitative estimate of drug-likeness (QED) is 0.629. The summed E-state index contributed by atoms with van der Waals surface area (Å²) in [5.74, 6) is -0.0508. The highest BCUT2D eigenvalue weighted by molar-refractivity contribution is 6.03. The molecule has 0 N–H and O–H groups in total. The number of carbonyl (C=O) groups excluding carboxylic acids is 1. The van der Waals surface area contributed by atoms with Crippen molar-refractivity contribution in [1.82, 2.24) is 0 Å². The van der Waals surface area contributed by atoms with Crippen LogP contribution < -0.4 is 0 Å². The highest BCUT2D eigenvalue weighted by Gasteiger charge is 2.43. The summed E-state index contributed by atoms with van der Waals surface area (Å²) in [5.41, 5.74) is 0.375. The van der Waals surface area contributed by atoms with E-state index in [2.05, 4.69) is 6.07 Å². The summed E-state index contributed by atoms with van der Waals surface area (Å²) in [5, 5.41) is 9.22. The summed E-state index contributed by atoms with van der Waals surface area (Å²) in [6.07, 6.45) is 6.16. The summed E-state index contributed by atoms with van der Waals surface area (Å²) in [4.78, 5) is 13.6. The van der Waals surface area contributed by atoms with Crippen molar-refractivity contribution in [1.29, 1.82) is 5.26 Å². The lowest BCUT2D eigenvalue weighted by Crippen LogP contribution is -2.42. The van der Waals surface area contributed by atoms with Gasteiger partial charge in [0.2, 0.25) is 0 Å². The molecule has 134 valence electrons. The molecule has 1 atom stereocenters. The van der Waals surface area contributed by atoms with Crippen LogP contribution in [0.5, 0.6) is 0 Å². The number of nitriles is 1. The van der Waals surface area contributed by atoms with Crippen LogP contribution in [0.4, 0.5) is 0 Å². The van der Waals surface area contributed by atoms with E-state index in [0.29, 0.717) is 12.0 Å². The Labute approximate surface area is 155 Å². The predicted molar refractivity (Wildman–Crippen MR) is 102 cm³/mol. The zero-order valence-electron chi connectivity index (χ0n) is 15.1. The second-order valence-electron chi connectivity index (χ2n) is 6.92. The van der Waals surface area contributed by atoms with Crippen LogP contribution in [0, 0.1) is 11.3 Å². The van der Waals surface area contributed by atoms with E-state index in [0.717, 1.165) is 31.2 Å². The van der Waals surface area contributed by atoms with E-state index in [1.807, 2.05) is 60.7 Å². The third-order valence-electron chi connectivity index (χ3n) is 5.15. The molecule has 3 rings (SSSR count). The molecule has 1 unspecified atom stereocenters. The van der Waals surface area contributed by atoms with Crippen LogP contribution in [0.1, 0.15) is 60.9 Å². The average molecular weight is 347 g/mol. The molecule has 1 fully saturated rings. The standard InChI is InChI=1S/C23H25NO2/c24-18-10-17-23(20-13-6-2-7-14-20,26-21-15-8-3-9-16-21)22(25)19-11-4-1-5-12-19/h1-2,4-7,11-14,21H,3,8-10,15-17H2. The minimum absolute atomic E-state index is 0.0508. The van der Waals surface area contributed by atoms with E-state index in [-0.39, 0.29) is 18.3 Å². The van der Waals surface area contributed by atoms with Gasteiger partial charge in [-0.05, 0) is 18.4 Å². The fourth-order valence-electron chi connectivity index (χ4n) is 3.80. The summed E-state index contributed by atoms with van der Waals surface area (Å²) >= 11 is 0. The number of benzene rings is 2. The van der Waals surface area contributed by atoms with Gasteiger partial charge in [-0.1, -0.05) is 79.9 Å². The fourth-order valence-corrected chi connectivity index (χ4v) is 3.80. The molecule has 1 aliphatic rings. The number of carbonyl (C=O) groups is 1. The maximum Gasteiger partial charge on any atom is 0.199 e. The van der Waals surface area contributed by atoms with Gasteiger partial charge in [0, 0.05) is 18.4 Å². The van der Waals surface area contributed by atoms with Gasteiger partial charge in [0.25, 0.3) is 0 Å². The predicted octanol–water partition coefficient (Wildman–Crippen LogP) is 5.42. The molecule has 3 nitrogen and oxygen atoms in total. The van der Waals surface area contributed by atoms with Gasteiger partial charge < -0.3 is 4.74 Å². The number of ether oxygens (including phenoxy) is 1. The number of hydrogen-bond donors (Lipinski definition) is 0. The van der Waals surface area contributed by atoms with Crippen molar-refractivity contribution in [3.8, 4) is 6.07 Å². The van der Waals surface area contributed by atoms with Crippen LogP contribution in [-0.4, -0.2) is 11.9 Å². The van der Waals surface area contributed by atoms with Gasteiger partial charge in [-0.25, -0.2) is 0 Å². The molecule has 0 spiro atoms. The Balaban J connectivity index is 2.04. The molecule has 26 heavy (non-hydrogen) atoms. The third kappa shape index (κ3) is 4.03. The van der Waals surface area contributed by atoms with Crippen molar-refractivity contribution in [2.24, 2.45) is 0 Å². The monoisotopic (exact) mass is 347 g/mol. The lowest BCUT2D eigenvalue weighted by atomic mass is 9.81. The summed E-state index contributed by atoms with van der Waals surface area (Å²) in [7, 11) is 0. The molecule has 0 aliphatic heterocycles. The molecule has 0 aromatic heterocycles. The maximum atomic E-state index is 13.6. The Kier molecular flexibility index (Phi) is 6.20. The van der Waals surface area contributed by atoms with Crippen molar-refractivity contribution >= 4 is 5.78 Å². The number of ketones is 1. The van der Waals surface area contributed by atoms with E-state index in [1.165, 1.54) is 6.42 Å². The average Bonchev–Trinajstić information content (AvgIpc) is 2.72. The van der Waals surface area contributed by atoms with Gasteiger partial charge in [-0.3, -0.25) is 4.79 Å². The Bertz CT molecular complexity index is 745. The zero-order chi connectivity index (χ0) is 18.2. The van der Waals surface area contributed by atoms with Crippen LogP contribution in [0.3, 0.4) is 0 Å². The molecule has 1 aliphatic carbocycles. The van der Waals surface area contributed by atoms with E-state index >= 15 is 0 Å². The van der Waals surface area contributed by atoms with Crippen molar-refractivity contribution in [2.75, 3.05) is 0 Å². The molecule has 0 heterocycles. The highest BCUT2D eigenvalue weighted by atomic mass is 16.5. The van der Waals surface area contributed by atoms with E-state index in [4.69, 9.17) is 4.74 Å². The second kappa shape index (κ2) is 8.78. The Morgan fingerprint density at radius 1 is 1.00 bits per heavy atom. The molecule has 2 aromatic rings. The van der Waals surface area contributed by atoms with Gasteiger partial charge >= 0.3 is 0 Å². The van der Waals surface area contributed by atoms with Crippen molar-refractivity contribution in [2.45, 2.75) is 56.7 Å². The molecular weight excluding hydrogens is 322 g/mol. The van der Waals surface area contributed by atoms with Gasteiger partial charge in [0.05, 0.1) is 12.2 Å². The maximum absolute atomic E-state index is 13.6. The molecule has 3 heteroatoms. The van der Waals surface area contributed by atoms with Crippen molar-refractivity contribution in [3.05, 3.63) is 71.8 Å². The first-order valence-corrected chi connectivity index (χ1v) is 9.46. The molecule has 2 aromatic carbocycles. The van der Waals surface area contributed by atoms with Crippen LogP contribution in [0.25, 0.3) is 0 Å².